The van der Waals surface area contributed by atoms with Crippen molar-refractivity contribution in [2.45, 2.75) is 11.6 Å². The van der Waals surface area contributed by atoms with Gasteiger partial charge >= 0.3 is 0 Å². The van der Waals surface area contributed by atoms with Gasteiger partial charge in [-0.2, -0.15) is 0 Å². The molecule has 2 heterocycles. The van der Waals surface area contributed by atoms with Crippen molar-refractivity contribution < 1.29 is 9.53 Å². The molecular formula is C22H18BrN5O2S. The molecule has 2 aromatic heterocycles. The molecule has 9 heteroatoms. The number of benzene rings is 2. The van der Waals surface area contributed by atoms with Crippen LogP contribution in [0.5, 0.6) is 5.75 Å². The molecule has 7 nitrogen and oxygen atoms in total. The minimum Gasteiger partial charge on any atom is -0.497 e. The zero-order chi connectivity index (χ0) is 21.6. The summed E-state index contributed by atoms with van der Waals surface area (Å²) in [5.41, 5.74) is 2.42. The third kappa shape index (κ3) is 5.18. The van der Waals surface area contributed by atoms with Crippen LogP contribution in [0.4, 0.5) is 0 Å². The third-order valence-electron chi connectivity index (χ3n) is 4.48. The van der Waals surface area contributed by atoms with Crippen molar-refractivity contribution in [3.05, 3.63) is 71.1 Å². The first-order chi connectivity index (χ1) is 15.1. The number of carbonyl (C=O) groups excluding carboxylic acids is 1. The molecule has 0 bridgehead atoms. The lowest BCUT2D eigenvalue weighted by Crippen LogP contribution is -2.24. The van der Waals surface area contributed by atoms with E-state index in [1.807, 2.05) is 48.5 Å². The second kappa shape index (κ2) is 9.84. The van der Waals surface area contributed by atoms with Crippen molar-refractivity contribution in [2.75, 3.05) is 12.9 Å². The number of hydrogen-bond acceptors (Lipinski definition) is 7. The number of fused-ring (bicyclic) bond motifs is 1. The quantitative estimate of drug-likeness (QED) is 0.302. The fourth-order valence-electron chi connectivity index (χ4n) is 2.84. The number of rotatable bonds is 7. The fraction of sp³-hybridized carbons (Fsp3) is 0.136. The van der Waals surface area contributed by atoms with Crippen molar-refractivity contribution in [3.63, 3.8) is 0 Å². The highest BCUT2D eigenvalue weighted by atomic mass is 79.9. The third-order valence-corrected chi connectivity index (χ3v) is 6.26. The largest absolute Gasteiger partial charge is 0.497 e. The minimum absolute atomic E-state index is 0.0803. The highest BCUT2D eigenvalue weighted by Crippen LogP contribution is 2.25. The van der Waals surface area contributed by atoms with Crippen LogP contribution in [0.1, 0.15) is 5.56 Å². The predicted molar refractivity (Wildman–Crippen MR) is 124 cm³/mol. The molecule has 0 spiro atoms. The number of thioether (sulfide) groups is 1. The van der Waals surface area contributed by atoms with E-state index < -0.39 is 0 Å². The number of hydrogen-bond donors (Lipinski definition) is 1. The van der Waals surface area contributed by atoms with Gasteiger partial charge in [0, 0.05) is 22.8 Å². The van der Waals surface area contributed by atoms with Gasteiger partial charge < -0.3 is 10.1 Å². The van der Waals surface area contributed by atoms with Crippen LogP contribution in [0.15, 0.2) is 70.6 Å². The van der Waals surface area contributed by atoms with Gasteiger partial charge in [0.2, 0.25) is 5.91 Å². The summed E-state index contributed by atoms with van der Waals surface area (Å²) in [5.74, 6) is 1.49. The summed E-state index contributed by atoms with van der Waals surface area (Å²) >= 11 is 4.82. The Kier molecular flexibility index (Phi) is 6.73. The second-order valence-corrected chi connectivity index (χ2v) is 8.31. The van der Waals surface area contributed by atoms with Crippen molar-refractivity contribution in [1.82, 2.24) is 25.3 Å². The molecule has 1 N–H and O–H groups in total. The van der Waals surface area contributed by atoms with Gasteiger partial charge in [0.1, 0.15) is 17.1 Å². The average Bonchev–Trinajstić information content (AvgIpc) is 2.82. The molecule has 0 atom stereocenters. The highest BCUT2D eigenvalue weighted by molar-refractivity contribution is 9.10. The Morgan fingerprint density at radius 3 is 2.68 bits per heavy atom. The van der Waals surface area contributed by atoms with E-state index in [-0.39, 0.29) is 11.7 Å². The van der Waals surface area contributed by atoms with Crippen LogP contribution in [0.3, 0.4) is 0 Å². The summed E-state index contributed by atoms with van der Waals surface area (Å²) < 4.78 is 6.15. The highest BCUT2D eigenvalue weighted by Gasteiger charge is 2.11. The van der Waals surface area contributed by atoms with E-state index in [2.05, 4.69) is 41.2 Å². The van der Waals surface area contributed by atoms with Crippen molar-refractivity contribution in [3.8, 4) is 17.1 Å². The molecule has 1 amide bonds. The molecule has 4 rings (SSSR count). The van der Waals surface area contributed by atoms with Gasteiger partial charge in [-0.05, 0) is 35.9 Å². The molecule has 0 unspecified atom stereocenters. The van der Waals surface area contributed by atoms with Crippen molar-refractivity contribution in [2.24, 2.45) is 0 Å². The fourth-order valence-corrected chi connectivity index (χ4v) is 4.06. The molecule has 0 radical (unpaired) electrons. The van der Waals surface area contributed by atoms with Gasteiger partial charge in [-0.15, -0.1) is 0 Å². The molecule has 2 aromatic carbocycles. The number of amides is 1. The van der Waals surface area contributed by atoms with E-state index in [0.29, 0.717) is 28.4 Å². The smallest absolute Gasteiger partial charge is 0.230 e. The second-order valence-electron chi connectivity index (χ2n) is 6.50. The Bertz CT molecular complexity index is 1220. The summed E-state index contributed by atoms with van der Waals surface area (Å²) in [6.07, 6.45) is 3.15. The van der Waals surface area contributed by atoms with Crippen LogP contribution in [-0.2, 0) is 11.3 Å². The molecule has 31 heavy (non-hydrogen) atoms. The van der Waals surface area contributed by atoms with Crippen LogP contribution in [-0.4, -0.2) is 38.7 Å². The molecule has 0 fully saturated rings. The molecular weight excluding hydrogens is 478 g/mol. The summed E-state index contributed by atoms with van der Waals surface area (Å²) in [6.45, 7) is 0.458. The monoisotopic (exact) mass is 495 g/mol. The van der Waals surface area contributed by atoms with E-state index in [4.69, 9.17) is 4.74 Å². The lowest BCUT2D eigenvalue weighted by Gasteiger charge is -2.08. The Labute approximate surface area is 191 Å². The van der Waals surface area contributed by atoms with E-state index >= 15 is 0 Å². The standard InChI is InChI=1S/C22H18BrN5O2S/c1-30-16-8-6-14(7-9-16)20-25-11-17-21(28-20)26-13-27-22(17)31-12-19(29)24-10-15-4-2-3-5-18(15)23/h2-9,11,13H,10,12H2,1H3,(H,24,29). The topological polar surface area (TPSA) is 89.9 Å². The number of methoxy groups -OCH3 is 1. The molecule has 4 aromatic rings. The summed E-state index contributed by atoms with van der Waals surface area (Å²) in [4.78, 5) is 29.9. The molecule has 0 aliphatic carbocycles. The number of halogens is 1. The van der Waals surface area contributed by atoms with Gasteiger partial charge in [-0.3, -0.25) is 4.79 Å². The van der Waals surface area contributed by atoms with Gasteiger partial charge in [-0.25, -0.2) is 19.9 Å². The maximum Gasteiger partial charge on any atom is 0.230 e. The Morgan fingerprint density at radius 2 is 1.90 bits per heavy atom. The van der Waals surface area contributed by atoms with Crippen molar-refractivity contribution >= 4 is 44.6 Å². The first-order valence-electron chi connectivity index (χ1n) is 9.39. The number of nitrogens with one attached hydrogen (secondary N) is 1. The van der Waals surface area contributed by atoms with Gasteiger partial charge in [0.05, 0.1) is 18.2 Å². The van der Waals surface area contributed by atoms with Gasteiger partial charge in [0.25, 0.3) is 0 Å². The number of ether oxygens (including phenoxy) is 1. The number of aromatic nitrogens is 4. The molecule has 156 valence electrons. The number of nitrogens with zero attached hydrogens (tertiary/aromatic N) is 4. The molecule has 0 aliphatic rings. The lowest BCUT2D eigenvalue weighted by atomic mass is 10.2. The SMILES string of the molecule is COc1ccc(-c2ncc3c(SCC(=O)NCc4ccccc4Br)ncnc3n2)cc1. The van der Waals surface area contributed by atoms with E-state index in [9.17, 15) is 4.79 Å². The zero-order valence-corrected chi connectivity index (χ0v) is 19.0. The first kappa shape index (κ1) is 21.2. The van der Waals surface area contributed by atoms with E-state index in [1.54, 1.807) is 13.3 Å². The molecule has 0 saturated carbocycles. The van der Waals surface area contributed by atoms with Crippen LogP contribution in [0.2, 0.25) is 0 Å². The van der Waals surface area contributed by atoms with Gasteiger partial charge in [-0.1, -0.05) is 45.9 Å². The number of carbonyl (C=O) groups is 1. The van der Waals surface area contributed by atoms with E-state index in [1.165, 1.54) is 18.1 Å². The van der Waals surface area contributed by atoms with Crippen LogP contribution >= 0.6 is 27.7 Å². The summed E-state index contributed by atoms with van der Waals surface area (Å²) in [6, 6.07) is 15.3. The van der Waals surface area contributed by atoms with E-state index in [0.717, 1.165) is 21.3 Å². The average molecular weight is 496 g/mol. The predicted octanol–water partition coefficient (Wildman–Crippen LogP) is 4.27. The Morgan fingerprint density at radius 1 is 1.10 bits per heavy atom. The normalized spacial score (nSPS) is 10.8. The van der Waals surface area contributed by atoms with Crippen LogP contribution < -0.4 is 10.1 Å². The lowest BCUT2D eigenvalue weighted by molar-refractivity contribution is -0.118. The molecule has 0 saturated heterocycles. The van der Waals surface area contributed by atoms with Gasteiger partial charge in [0.15, 0.2) is 11.5 Å². The Balaban J connectivity index is 1.44. The molecule has 0 aliphatic heterocycles. The first-order valence-corrected chi connectivity index (χ1v) is 11.2. The van der Waals surface area contributed by atoms with Crippen LogP contribution in [0, 0.1) is 0 Å². The Hall–Kier alpha value is -3.04. The summed E-state index contributed by atoms with van der Waals surface area (Å²) in [5, 5.41) is 4.30. The zero-order valence-electron chi connectivity index (χ0n) is 16.6. The van der Waals surface area contributed by atoms with Crippen LogP contribution in [0.25, 0.3) is 22.4 Å². The minimum atomic E-state index is -0.0803. The maximum absolute atomic E-state index is 12.3. The maximum atomic E-state index is 12.3. The summed E-state index contributed by atoms with van der Waals surface area (Å²) in [7, 11) is 1.62. The van der Waals surface area contributed by atoms with Crippen molar-refractivity contribution in [1.29, 1.82) is 0 Å².